The maximum atomic E-state index is 11.3. The predicted molar refractivity (Wildman–Crippen MR) is 75.5 cm³/mol. The number of benzene rings is 1. The van der Waals surface area contributed by atoms with Gasteiger partial charge in [-0.2, -0.15) is 0 Å². The molecule has 0 N–H and O–H groups in total. The van der Waals surface area contributed by atoms with Crippen LogP contribution in [0.25, 0.3) is 0 Å². The summed E-state index contributed by atoms with van der Waals surface area (Å²) in [6, 6.07) is 8.58. The fourth-order valence-corrected chi connectivity index (χ4v) is 2.56. The SMILES string of the molecule is O=C1CCON1CC#CCN1CCc2ccccc2C1. The Morgan fingerprint density at radius 2 is 1.90 bits per heavy atom. The molecule has 4 heteroatoms. The van der Waals surface area contributed by atoms with Gasteiger partial charge in [-0.1, -0.05) is 36.1 Å². The summed E-state index contributed by atoms with van der Waals surface area (Å²) in [5.41, 5.74) is 2.85. The van der Waals surface area contributed by atoms with E-state index in [9.17, 15) is 4.79 Å². The van der Waals surface area contributed by atoms with Gasteiger partial charge in [-0.15, -0.1) is 0 Å². The lowest BCUT2D eigenvalue weighted by atomic mass is 10.0. The third-order valence-corrected chi connectivity index (χ3v) is 3.70. The number of fused-ring (bicyclic) bond motifs is 1. The number of nitrogens with zero attached hydrogens (tertiary/aromatic N) is 2. The highest BCUT2D eigenvalue weighted by atomic mass is 16.7. The van der Waals surface area contributed by atoms with Crippen LogP contribution in [-0.4, -0.2) is 42.1 Å². The molecule has 0 aromatic heterocycles. The molecular formula is C16H18N2O2. The van der Waals surface area contributed by atoms with Gasteiger partial charge in [0.15, 0.2) is 0 Å². The van der Waals surface area contributed by atoms with Crippen LogP contribution in [0.15, 0.2) is 24.3 Å². The quantitative estimate of drug-likeness (QED) is 0.757. The first kappa shape index (κ1) is 13.2. The average molecular weight is 270 g/mol. The largest absolute Gasteiger partial charge is 0.288 e. The summed E-state index contributed by atoms with van der Waals surface area (Å²) in [4.78, 5) is 18.8. The minimum Gasteiger partial charge on any atom is -0.288 e. The molecular weight excluding hydrogens is 252 g/mol. The monoisotopic (exact) mass is 270 g/mol. The van der Waals surface area contributed by atoms with Crippen LogP contribution in [-0.2, 0) is 22.6 Å². The summed E-state index contributed by atoms with van der Waals surface area (Å²) in [5.74, 6) is 6.19. The number of carbonyl (C=O) groups excluding carboxylic acids is 1. The first-order chi connectivity index (χ1) is 9.83. The molecule has 2 aliphatic heterocycles. The van der Waals surface area contributed by atoms with Gasteiger partial charge >= 0.3 is 0 Å². The van der Waals surface area contributed by atoms with Crippen LogP contribution in [0, 0.1) is 11.8 Å². The van der Waals surface area contributed by atoms with Crippen LogP contribution in [0.4, 0.5) is 0 Å². The molecule has 0 radical (unpaired) electrons. The number of hydroxylamine groups is 2. The van der Waals surface area contributed by atoms with Crippen molar-refractivity contribution in [2.24, 2.45) is 0 Å². The van der Waals surface area contributed by atoms with Gasteiger partial charge in [0.1, 0.15) is 6.54 Å². The highest BCUT2D eigenvalue weighted by molar-refractivity contribution is 5.76. The molecule has 1 fully saturated rings. The Labute approximate surface area is 119 Å². The first-order valence-corrected chi connectivity index (χ1v) is 7.01. The van der Waals surface area contributed by atoms with Crippen molar-refractivity contribution in [3.8, 4) is 11.8 Å². The molecule has 2 heterocycles. The Bertz CT molecular complexity index is 559. The van der Waals surface area contributed by atoms with E-state index in [4.69, 9.17) is 4.84 Å². The summed E-state index contributed by atoms with van der Waals surface area (Å²) in [6.45, 7) is 3.62. The van der Waals surface area contributed by atoms with Crippen molar-refractivity contribution in [2.45, 2.75) is 19.4 Å². The van der Waals surface area contributed by atoms with E-state index in [2.05, 4.69) is 41.0 Å². The Morgan fingerprint density at radius 1 is 1.10 bits per heavy atom. The molecule has 3 rings (SSSR count). The number of amides is 1. The second-order valence-electron chi connectivity index (χ2n) is 5.10. The lowest BCUT2D eigenvalue weighted by Crippen LogP contribution is -2.31. The lowest BCUT2D eigenvalue weighted by Gasteiger charge is -2.26. The van der Waals surface area contributed by atoms with E-state index >= 15 is 0 Å². The zero-order chi connectivity index (χ0) is 13.8. The number of hydrogen-bond acceptors (Lipinski definition) is 3. The fourth-order valence-electron chi connectivity index (χ4n) is 2.56. The average Bonchev–Trinajstić information content (AvgIpc) is 2.89. The second kappa shape index (κ2) is 6.08. The third-order valence-electron chi connectivity index (χ3n) is 3.70. The van der Waals surface area contributed by atoms with E-state index in [1.807, 2.05) is 0 Å². The molecule has 4 nitrogen and oxygen atoms in total. The Morgan fingerprint density at radius 3 is 2.70 bits per heavy atom. The standard InChI is InChI=1S/C16H18N2O2/c19-16-8-12-20-18(16)10-4-3-9-17-11-7-14-5-1-2-6-15(14)13-17/h1-2,5-6H,7-13H2. The molecule has 0 unspecified atom stereocenters. The molecule has 20 heavy (non-hydrogen) atoms. The fraction of sp³-hybridized carbons (Fsp3) is 0.438. The number of carbonyl (C=O) groups is 1. The van der Waals surface area contributed by atoms with Crippen molar-refractivity contribution in [1.29, 1.82) is 0 Å². The molecule has 104 valence electrons. The van der Waals surface area contributed by atoms with Crippen LogP contribution >= 0.6 is 0 Å². The van der Waals surface area contributed by atoms with Crippen LogP contribution in [0.1, 0.15) is 17.5 Å². The molecule has 0 aliphatic carbocycles. The molecule has 1 saturated heterocycles. The van der Waals surface area contributed by atoms with Crippen LogP contribution < -0.4 is 0 Å². The van der Waals surface area contributed by atoms with Gasteiger partial charge in [-0.25, -0.2) is 5.06 Å². The molecule has 1 amide bonds. The molecule has 1 aromatic carbocycles. The van der Waals surface area contributed by atoms with Gasteiger partial charge in [0.25, 0.3) is 0 Å². The van der Waals surface area contributed by atoms with Crippen LogP contribution in [0.2, 0.25) is 0 Å². The Hall–Kier alpha value is -1.83. The Balaban J connectivity index is 1.49. The summed E-state index contributed by atoms with van der Waals surface area (Å²) in [7, 11) is 0. The minimum absolute atomic E-state index is 0.0335. The third kappa shape index (κ3) is 3.01. The molecule has 0 atom stereocenters. The first-order valence-electron chi connectivity index (χ1n) is 7.01. The molecule has 0 saturated carbocycles. The minimum atomic E-state index is 0.0335. The molecule has 0 spiro atoms. The predicted octanol–water partition coefficient (Wildman–Crippen LogP) is 1.21. The zero-order valence-corrected chi connectivity index (χ0v) is 11.5. The number of hydrogen-bond donors (Lipinski definition) is 0. The van der Waals surface area contributed by atoms with Gasteiger partial charge in [-0.05, 0) is 17.5 Å². The van der Waals surface area contributed by atoms with Crippen molar-refractivity contribution < 1.29 is 9.63 Å². The van der Waals surface area contributed by atoms with Crippen molar-refractivity contribution in [2.75, 3.05) is 26.2 Å². The number of rotatable bonds is 2. The molecule has 0 bridgehead atoms. The Kier molecular flexibility index (Phi) is 4.00. The van der Waals surface area contributed by atoms with E-state index in [0.717, 1.165) is 26.1 Å². The van der Waals surface area contributed by atoms with Crippen LogP contribution in [0.3, 0.4) is 0 Å². The summed E-state index contributed by atoms with van der Waals surface area (Å²) in [5, 5.41) is 1.36. The maximum Gasteiger partial charge on any atom is 0.249 e. The van der Waals surface area contributed by atoms with E-state index in [-0.39, 0.29) is 5.91 Å². The lowest BCUT2D eigenvalue weighted by molar-refractivity contribution is -0.158. The normalized spacial score (nSPS) is 18.6. The van der Waals surface area contributed by atoms with E-state index in [1.165, 1.54) is 16.2 Å². The topological polar surface area (TPSA) is 32.8 Å². The van der Waals surface area contributed by atoms with E-state index in [0.29, 0.717) is 19.6 Å². The van der Waals surface area contributed by atoms with E-state index < -0.39 is 0 Å². The van der Waals surface area contributed by atoms with Crippen molar-refractivity contribution >= 4 is 5.91 Å². The molecule has 1 aromatic rings. The smallest absolute Gasteiger partial charge is 0.249 e. The maximum absolute atomic E-state index is 11.3. The summed E-state index contributed by atoms with van der Waals surface area (Å²) in [6.07, 6.45) is 1.57. The van der Waals surface area contributed by atoms with E-state index in [1.54, 1.807) is 0 Å². The zero-order valence-electron chi connectivity index (χ0n) is 11.5. The van der Waals surface area contributed by atoms with Gasteiger partial charge in [0.2, 0.25) is 5.91 Å². The van der Waals surface area contributed by atoms with Crippen molar-refractivity contribution in [3.63, 3.8) is 0 Å². The highest BCUT2D eigenvalue weighted by Gasteiger charge is 2.20. The summed E-state index contributed by atoms with van der Waals surface area (Å²) >= 11 is 0. The van der Waals surface area contributed by atoms with Gasteiger partial charge in [-0.3, -0.25) is 14.5 Å². The van der Waals surface area contributed by atoms with Gasteiger partial charge in [0, 0.05) is 13.1 Å². The molecule has 2 aliphatic rings. The van der Waals surface area contributed by atoms with Crippen molar-refractivity contribution in [3.05, 3.63) is 35.4 Å². The van der Waals surface area contributed by atoms with Gasteiger partial charge < -0.3 is 0 Å². The van der Waals surface area contributed by atoms with Gasteiger partial charge in [0.05, 0.1) is 19.6 Å². The van der Waals surface area contributed by atoms with Crippen LogP contribution in [0.5, 0.6) is 0 Å². The summed E-state index contributed by atoms with van der Waals surface area (Å²) < 4.78 is 0. The highest BCUT2D eigenvalue weighted by Crippen LogP contribution is 2.17. The second-order valence-corrected chi connectivity index (χ2v) is 5.10. The van der Waals surface area contributed by atoms with Crippen molar-refractivity contribution in [1.82, 2.24) is 9.96 Å².